The molecule has 2 aromatic carbocycles. The maximum absolute atomic E-state index is 13.4. The third-order valence-electron chi connectivity index (χ3n) is 6.90. The number of amides is 4. The summed E-state index contributed by atoms with van der Waals surface area (Å²) in [5.74, 6) is 0.802. The van der Waals surface area contributed by atoms with Gasteiger partial charge in [-0.1, -0.05) is 30.3 Å². The van der Waals surface area contributed by atoms with E-state index < -0.39 is 12.0 Å². The number of carbonyl (C=O) groups is 3. The number of nitrogens with zero attached hydrogens (tertiary/aromatic N) is 3. The highest BCUT2D eigenvalue weighted by molar-refractivity contribution is 5.95. The van der Waals surface area contributed by atoms with E-state index in [1.165, 1.54) is 4.90 Å². The summed E-state index contributed by atoms with van der Waals surface area (Å²) in [5.41, 5.74) is 1.68. The normalized spacial score (nSPS) is 18.3. The summed E-state index contributed by atoms with van der Waals surface area (Å²) in [6.07, 6.45) is 0.783. The molecular formula is C30H39N5O5. The third kappa shape index (κ3) is 7.12. The Labute approximate surface area is 235 Å². The van der Waals surface area contributed by atoms with Gasteiger partial charge in [-0.05, 0) is 57.0 Å². The van der Waals surface area contributed by atoms with Crippen molar-refractivity contribution >= 4 is 18.0 Å². The highest BCUT2D eigenvalue weighted by atomic mass is 16.5. The van der Waals surface area contributed by atoms with Crippen molar-refractivity contribution in [1.82, 2.24) is 25.3 Å². The first-order chi connectivity index (χ1) is 19.3. The van der Waals surface area contributed by atoms with Crippen LogP contribution in [0.1, 0.15) is 38.8 Å². The maximum Gasteiger partial charge on any atom is 0.338 e. The number of para-hydroxylation sites is 1. The van der Waals surface area contributed by atoms with E-state index in [0.29, 0.717) is 54.5 Å². The lowest BCUT2D eigenvalue weighted by Crippen LogP contribution is -2.49. The fourth-order valence-electron chi connectivity index (χ4n) is 4.91. The molecule has 0 spiro atoms. The largest absolute Gasteiger partial charge is 0.463 e. The van der Waals surface area contributed by atoms with Gasteiger partial charge in [-0.3, -0.25) is 9.80 Å². The third-order valence-corrected chi connectivity index (χ3v) is 6.90. The van der Waals surface area contributed by atoms with Crippen molar-refractivity contribution in [3.8, 4) is 11.5 Å². The number of carbonyl (C=O) groups excluding carboxylic acids is 3. The van der Waals surface area contributed by atoms with Gasteiger partial charge in [0.2, 0.25) is 0 Å². The molecule has 1 fully saturated rings. The zero-order valence-corrected chi connectivity index (χ0v) is 23.7. The summed E-state index contributed by atoms with van der Waals surface area (Å²) in [5, 5.41) is 5.93. The Bertz CT molecular complexity index is 1230. The van der Waals surface area contributed by atoms with Crippen LogP contribution >= 0.6 is 0 Å². The highest BCUT2D eigenvalue weighted by Gasteiger charge is 2.37. The molecule has 0 aliphatic carbocycles. The fraction of sp³-hybridized carbons (Fsp3) is 0.433. The molecule has 2 aromatic rings. The SMILES string of the molecule is CCOC(=O)C1=C(CN2CCCN(C(=O)NC(C)C)CC2)N(C)C(=O)N[C@@H]1c1cccc(Oc2ccccc2)c1. The minimum absolute atomic E-state index is 0.0621. The number of urea groups is 2. The van der Waals surface area contributed by atoms with E-state index in [1.807, 2.05) is 73.3 Å². The molecule has 0 bridgehead atoms. The van der Waals surface area contributed by atoms with E-state index in [1.54, 1.807) is 14.0 Å². The summed E-state index contributed by atoms with van der Waals surface area (Å²) < 4.78 is 11.5. The van der Waals surface area contributed by atoms with Crippen LogP contribution in [0.3, 0.4) is 0 Å². The molecule has 1 atom stereocenters. The lowest BCUT2D eigenvalue weighted by Gasteiger charge is -2.36. The molecule has 214 valence electrons. The number of rotatable bonds is 8. The zero-order chi connectivity index (χ0) is 28.6. The molecule has 0 aromatic heterocycles. The molecule has 2 heterocycles. The van der Waals surface area contributed by atoms with Gasteiger partial charge in [0.15, 0.2) is 0 Å². The van der Waals surface area contributed by atoms with Gasteiger partial charge in [-0.15, -0.1) is 0 Å². The minimum atomic E-state index is -0.711. The van der Waals surface area contributed by atoms with Crippen LogP contribution in [0.2, 0.25) is 0 Å². The number of ether oxygens (including phenoxy) is 2. The van der Waals surface area contributed by atoms with Gasteiger partial charge in [0.1, 0.15) is 11.5 Å². The van der Waals surface area contributed by atoms with Crippen molar-refractivity contribution < 1.29 is 23.9 Å². The first-order valence-corrected chi connectivity index (χ1v) is 13.8. The topological polar surface area (TPSA) is 103 Å². The van der Waals surface area contributed by atoms with Crippen LogP contribution in [0.15, 0.2) is 65.9 Å². The minimum Gasteiger partial charge on any atom is -0.463 e. The molecule has 0 unspecified atom stereocenters. The Morgan fingerprint density at radius 3 is 2.50 bits per heavy atom. The highest BCUT2D eigenvalue weighted by Crippen LogP contribution is 2.34. The van der Waals surface area contributed by atoms with Crippen molar-refractivity contribution in [3.63, 3.8) is 0 Å². The van der Waals surface area contributed by atoms with Crippen molar-refractivity contribution in [2.24, 2.45) is 0 Å². The van der Waals surface area contributed by atoms with Gasteiger partial charge >= 0.3 is 18.0 Å². The van der Waals surface area contributed by atoms with Gasteiger partial charge in [0.05, 0.1) is 18.2 Å². The Morgan fingerprint density at radius 2 is 1.77 bits per heavy atom. The zero-order valence-electron chi connectivity index (χ0n) is 23.7. The van der Waals surface area contributed by atoms with Gasteiger partial charge < -0.3 is 25.0 Å². The Balaban J connectivity index is 1.62. The smallest absolute Gasteiger partial charge is 0.338 e. The molecule has 2 N–H and O–H groups in total. The van der Waals surface area contributed by atoms with Gasteiger partial charge in [0, 0.05) is 51.5 Å². The Morgan fingerprint density at radius 1 is 1.02 bits per heavy atom. The molecule has 10 nitrogen and oxygen atoms in total. The van der Waals surface area contributed by atoms with Crippen molar-refractivity contribution in [3.05, 3.63) is 71.4 Å². The summed E-state index contributed by atoms with van der Waals surface area (Å²) in [4.78, 5) is 44.6. The number of benzene rings is 2. The predicted octanol–water partition coefficient (Wildman–Crippen LogP) is 4.12. The van der Waals surface area contributed by atoms with Crippen LogP contribution < -0.4 is 15.4 Å². The average Bonchev–Trinajstić information content (AvgIpc) is 3.17. The van der Waals surface area contributed by atoms with E-state index in [-0.39, 0.29) is 24.7 Å². The van der Waals surface area contributed by atoms with Crippen molar-refractivity contribution in [2.75, 3.05) is 46.4 Å². The van der Waals surface area contributed by atoms with Crippen LogP contribution in [-0.4, -0.2) is 85.2 Å². The second kappa shape index (κ2) is 13.3. The number of hydrogen-bond donors (Lipinski definition) is 2. The standard InChI is InChI=1S/C30H39N5O5/c1-5-39-28(36)26-25(20-34-15-10-16-35(18-17-34)30(38)31-21(2)3)33(4)29(37)32-27(26)22-11-9-14-24(19-22)40-23-12-7-6-8-13-23/h6-9,11-14,19,21,27H,5,10,15-18,20H2,1-4H3,(H,31,38)(H,32,37)/t27-/m1/s1. The lowest BCUT2D eigenvalue weighted by molar-refractivity contribution is -0.139. The van der Waals surface area contributed by atoms with Crippen LogP contribution in [0.5, 0.6) is 11.5 Å². The number of hydrogen-bond acceptors (Lipinski definition) is 6. The summed E-state index contributed by atoms with van der Waals surface area (Å²) in [6, 6.07) is 15.8. The first-order valence-electron chi connectivity index (χ1n) is 13.8. The lowest BCUT2D eigenvalue weighted by atomic mass is 9.94. The van der Waals surface area contributed by atoms with E-state index in [2.05, 4.69) is 15.5 Å². The molecule has 10 heteroatoms. The van der Waals surface area contributed by atoms with Crippen molar-refractivity contribution in [2.45, 2.75) is 39.3 Å². The van der Waals surface area contributed by atoms with Gasteiger partial charge in [-0.25, -0.2) is 14.4 Å². The molecule has 2 aliphatic heterocycles. The maximum atomic E-state index is 13.4. The molecule has 40 heavy (non-hydrogen) atoms. The van der Waals surface area contributed by atoms with Gasteiger partial charge in [-0.2, -0.15) is 0 Å². The van der Waals surface area contributed by atoms with Crippen LogP contribution in [0.25, 0.3) is 0 Å². The molecule has 4 amide bonds. The average molecular weight is 550 g/mol. The number of esters is 1. The van der Waals surface area contributed by atoms with E-state index in [4.69, 9.17) is 9.47 Å². The summed E-state index contributed by atoms with van der Waals surface area (Å²) in [6.45, 7) is 8.76. The second-order valence-electron chi connectivity index (χ2n) is 10.2. The van der Waals surface area contributed by atoms with Crippen molar-refractivity contribution in [1.29, 1.82) is 0 Å². The molecule has 1 saturated heterocycles. The van der Waals surface area contributed by atoms with E-state index in [0.717, 1.165) is 13.0 Å². The number of nitrogens with one attached hydrogen (secondary N) is 2. The molecule has 2 aliphatic rings. The Kier molecular flexibility index (Phi) is 9.65. The molecule has 0 saturated carbocycles. The quantitative estimate of drug-likeness (QED) is 0.481. The van der Waals surface area contributed by atoms with Gasteiger partial charge in [0.25, 0.3) is 0 Å². The number of likely N-dealkylation sites (N-methyl/N-ethyl adjacent to an activating group) is 1. The summed E-state index contributed by atoms with van der Waals surface area (Å²) in [7, 11) is 1.66. The first kappa shape index (κ1) is 28.9. The van der Waals surface area contributed by atoms with Crippen LogP contribution in [-0.2, 0) is 9.53 Å². The molecule has 4 rings (SSSR count). The second-order valence-corrected chi connectivity index (χ2v) is 10.2. The molecule has 0 radical (unpaired) electrons. The van der Waals surface area contributed by atoms with E-state index in [9.17, 15) is 14.4 Å². The Hall–Kier alpha value is -4.05. The predicted molar refractivity (Wildman–Crippen MR) is 152 cm³/mol. The van der Waals surface area contributed by atoms with E-state index >= 15 is 0 Å². The molecular weight excluding hydrogens is 510 g/mol. The monoisotopic (exact) mass is 549 g/mol. The van der Waals surface area contributed by atoms with Crippen LogP contribution in [0.4, 0.5) is 9.59 Å². The van der Waals surface area contributed by atoms with Crippen LogP contribution in [0, 0.1) is 0 Å². The summed E-state index contributed by atoms with van der Waals surface area (Å²) >= 11 is 0. The fourth-order valence-corrected chi connectivity index (χ4v) is 4.91.